The van der Waals surface area contributed by atoms with Gasteiger partial charge in [-0.15, -0.1) is 0 Å². The minimum atomic E-state index is -0.872. The lowest BCUT2D eigenvalue weighted by Gasteiger charge is -2.07. The number of imidazole rings is 1. The Labute approximate surface area is 156 Å². The van der Waals surface area contributed by atoms with Crippen LogP contribution in [0.5, 0.6) is 0 Å². The molecular weight excluding hydrogens is 383 g/mol. The van der Waals surface area contributed by atoms with Crippen molar-refractivity contribution in [2.24, 2.45) is 0 Å². The summed E-state index contributed by atoms with van der Waals surface area (Å²) in [6.07, 6.45) is 0.844. The van der Waals surface area contributed by atoms with Crippen molar-refractivity contribution in [3.63, 3.8) is 0 Å². The van der Waals surface area contributed by atoms with Crippen LogP contribution < -0.4 is 11.4 Å². The van der Waals surface area contributed by atoms with Crippen LogP contribution in [0.1, 0.15) is 18.9 Å². The fourth-order valence-corrected chi connectivity index (χ4v) is 3.72. The monoisotopic (exact) mass is 398 g/mol. The van der Waals surface area contributed by atoms with Gasteiger partial charge in [-0.25, -0.2) is 14.8 Å². The average Bonchev–Trinajstić information content (AvgIpc) is 2.88. The van der Waals surface area contributed by atoms with Crippen LogP contribution in [0.15, 0.2) is 28.2 Å². The summed E-state index contributed by atoms with van der Waals surface area (Å²) in [5.74, 6) is 0.817. The number of nitrogens with two attached hydrogens (primary N) is 1. The summed E-state index contributed by atoms with van der Waals surface area (Å²) in [5, 5.41) is 1.20. The SMILES string of the molecule is CCCS(=N)c1nc(N)c2[nH]c(=O)n(Cc3ccc(Cl)c(Cl)c3)c2n1. The molecule has 0 radical (unpaired) electrons. The van der Waals surface area contributed by atoms with Crippen molar-refractivity contribution in [1.29, 1.82) is 4.78 Å². The molecule has 7 nitrogen and oxygen atoms in total. The van der Waals surface area contributed by atoms with Crippen molar-refractivity contribution in [2.45, 2.75) is 25.0 Å². The van der Waals surface area contributed by atoms with Crippen LogP contribution in [0.2, 0.25) is 10.0 Å². The molecule has 0 spiro atoms. The van der Waals surface area contributed by atoms with E-state index in [-0.39, 0.29) is 18.1 Å². The summed E-state index contributed by atoms with van der Waals surface area (Å²) in [4.78, 5) is 23.6. The topological polar surface area (TPSA) is 113 Å². The van der Waals surface area contributed by atoms with E-state index in [1.165, 1.54) is 4.57 Å². The van der Waals surface area contributed by atoms with Gasteiger partial charge in [0.25, 0.3) is 0 Å². The van der Waals surface area contributed by atoms with Gasteiger partial charge in [-0.1, -0.05) is 36.2 Å². The Hall–Kier alpha value is -1.90. The average molecular weight is 399 g/mol. The molecule has 1 unspecified atom stereocenters. The highest BCUT2D eigenvalue weighted by molar-refractivity contribution is 7.85. The molecule has 0 amide bonds. The minimum Gasteiger partial charge on any atom is -0.382 e. The van der Waals surface area contributed by atoms with Crippen molar-refractivity contribution in [1.82, 2.24) is 19.5 Å². The van der Waals surface area contributed by atoms with Crippen molar-refractivity contribution < 1.29 is 0 Å². The molecule has 0 bridgehead atoms. The van der Waals surface area contributed by atoms with Crippen molar-refractivity contribution in [3.8, 4) is 0 Å². The molecule has 0 saturated carbocycles. The molecule has 132 valence electrons. The number of aromatic nitrogens is 4. The van der Waals surface area contributed by atoms with Gasteiger partial charge < -0.3 is 10.7 Å². The molecule has 10 heteroatoms. The summed E-state index contributed by atoms with van der Waals surface area (Å²) in [6, 6.07) is 5.17. The van der Waals surface area contributed by atoms with Crippen LogP contribution in [-0.4, -0.2) is 25.3 Å². The maximum atomic E-state index is 12.3. The molecule has 2 heterocycles. The predicted molar refractivity (Wildman–Crippen MR) is 102 cm³/mol. The maximum Gasteiger partial charge on any atom is 0.328 e. The number of hydrogen-bond donors (Lipinski definition) is 3. The van der Waals surface area contributed by atoms with E-state index in [0.29, 0.717) is 32.1 Å². The van der Waals surface area contributed by atoms with Crippen LogP contribution in [-0.2, 0) is 17.2 Å². The molecule has 3 aromatic rings. The van der Waals surface area contributed by atoms with Crippen LogP contribution >= 0.6 is 23.2 Å². The number of aromatic amines is 1. The third-order valence-electron chi connectivity index (χ3n) is 3.58. The van der Waals surface area contributed by atoms with E-state index in [4.69, 9.17) is 33.7 Å². The fraction of sp³-hybridized carbons (Fsp3) is 0.267. The summed E-state index contributed by atoms with van der Waals surface area (Å²) >= 11 is 12.0. The molecule has 0 fully saturated rings. The first-order valence-corrected chi connectivity index (χ1v) is 9.67. The normalized spacial score (nSPS) is 12.6. The first-order valence-electron chi connectivity index (χ1n) is 7.52. The second-order valence-electron chi connectivity index (χ2n) is 5.45. The Bertz CT molecular complexity index is 1030. The smallest absolute Gasteiger partial charge is 0.328 e. The summed E-state index contributed by atoms with van der Waals surface area (Å²) in [7, 11) is -0.872. The number of H-pyrrole nitrogens is 1. The molecule has 0 aliphatic heterocycles. The third kappa shape index (κ3) is 3.56. The molecule has 0 saturated heterocycles. The largest absolute Gasteiger partial charge is 0.382 e. The molecule has 1 atom stereocenters. The quantitative estimate of drug-likeness (QED) is 0.572. The van der Waals surface area contributed by atoms with Gasteiger partial charge in [0.05, 0.1) is 16.6 Å². The fourth-order valence-electron chi connectivity index (χ4n) is 2.40. The number of halogens is 2. The van der Waals surface area contributed by atoms with E-state index in [2.05, 4.69) is 15.0 Å². The van der Waals surface area contributed by atoms with Gasteiger partial charge in [-0.3, -0.25) is 9.35 Å². The number of anilines is 1. The Kier molecular flexibility index (Phi) is 5.12. The van der Waals surface area contributed by atoms with Gasteiger partial charge in [-0.2, -0.15) is 0 Å². The highest BCUT2D eigenvalue weighted by atomic mass is 35.5. The number of rotatable bonds is 5. The molecule has 1 aromatic carbocycles. The molecular formula is C15H16Cl2N6OS. The van der Waals surface area contributed by atoms with E-state index in [9.17, 15) is 4.79 Å². The van der Waals surface area contributed by atoms with Crippen molar-refractivity contribution in [3.05, 3.63) is 44.3 Å². The second-order valence-corrected chi connectivity index (χ2v) is 7.82. The molecule has 3 rings (SSSR count). The number of hydrogen-bond acceptors (Lipinski definition) is 5. The third-order valence-corrected chi connectivity index (χ3v) is 5.76. The highest BCUT2D eigenvalue weighted by Crippen LogP contribution is 2.24. The van der Waals surface area contributed by atoms with Crippen molar-refractivity contribution in [2.75, 3.05) is 11.5 Å². The van der Waals surface area contributed by atoms with Gasteiger partial charge in [-0.05, 0) is 34.8 Å². The van der Waals surface area contributed by atoms with Crippen LogP contribution in [0.25, 0.3) is 11.2 Å². The molecule has 2 aromatic heterocycles. The lowest BCUT2D eigenvalue weighted by atomic mass is 10.2. The van der Waals surface area contributed by atoms with Gasteiger partial charge >= 0.3 is 5.69 Å². The lowest BCUT2D eigenvalue weighted by Crippen LogP contribution is -2.18. The molecule has 0 aliphatic carbocycles. The minimum absolute atomic E-state index is 0.172. The Morgan fingerprint density at radius 2 is 2.08 bits per heavy atom. The van der Waals surface area contributed by atoms with Gasteiger partial charge in [0, 0.05) is 5.75 Å². The second kappa shape index (κ2) is 7.15. The Balaban J connectivity index is 2.10. The summed E-state index contributed by atoms with van der Waals surface area (Å²) in [5.41, 5.74) is 7.18. The van der Waals surface area contributed by atoms with Gasteiger partial charge in [0.15, 0.2) is 11.5 Å². The van der Waals surface area contributed by atoms with E-state index in [1.807, 2.05) is 6.92 Å². The standard InChI is InChI=1S/C15H16Cl2N6OS/c1-2-5-25(19)14-21-12(18)11-13(22-14)23(15(24)20-11)7-8-3-4-9(16)10(17)6-8/h3-4,6,19H,2,5,7H2,1H3,(H,20,24)(H2,18,21,22). The van der Waals surface area contributed by atoms with E-state index in [0.717, 1.165) is 12.0 Å². The van der Waals surface area contributed by atoms with Gasteiger partial charge in [0.2, 0.25) is 5.16 Å². The summed E-state index contributed by atoms with van der Waals surface area (Å²) < 4.78 is 9.61. The number of benzene rings is 1. The molecule has 4 N–H and O–H groups in total. The van der Waals surface area contributed by atoms with Crippen molar-refractivity contribution >= 4 is 50.9 Å². The number of nitrogens with zero attached hydrogens (tertiary/aromatic N) is 3. The molecule has 25 heavy (non-hydrogen) atoms. The zero-order valence-electron chi connectivity index (χ0n) is 13.3. The predicted octanol–water partition coefficient (Wildman–Crippen LogP) is 3.21. The highest BCUT2D eigenvalue weighted by Gasteiger charge is 2.16. The Morgan fingerprint density at radius 1 is 1.32 bits per heavy atom. The van der Waals surface area contributed by atoms with Crippen LogP contribution in [0.3, 0.4) is 0 Å². The molecule has 0 aliphatic rings. The zero-order chi connectivity index (χ0) is 18.1. The zero-order valence-corrected chi connectivity index (χ0v) is 15.7. The van der Waals surface area contributed by atoms with E-state index in [1.54, 1.807) is 18.2 Å². The number of nitrogen functional groups attached to an aromatic ring is 1. The first-order chi connectivity index (χ1) is 11.9. The van der Waals surface area contributed by atoms with E-state index < -0.39 is 10.7 Å². The number of fused-ring (bicyclic) bond motifs is 1. The van der Waals surface area contributed by atoms with Crippen LogP contribution in [0.4, 0.5) is 5.82 Å². The lowest BCUT2D eigenvalue weighted by molar-refractivity contribution is 0.771. The maximum absolute atomic E-state index is 12.3. The van der Waals surface area contributed by atoms with Crippen LogP contribution in [0, 0.1) is 4.78 Å². The first kappa shape index (κ1) is 17.9. The van der Waals surface area contributed by atoms with E-state index >= 15 is 0 Å². The Morgan fingerprint density at radius 3 is 2.76 bits per heavy atom. The number of nitrogens with one attached hydrogen (secondary N) is 2. The van der Waals surface area contributed by atoms with Gasteiger partial charge in [0.1, 0.15) is 5.52 Å². The summed E-state index contributed by atoms with van der Waals surface area (Å²) in [6.45, 7) is 2.25.